The first kappa shape index (κ1) is 20.4. The summed E-state index contributed by atoms with van der Waals surface area (Å²) in [5.74, 6) is 1.85. The van der Waals surface area contributed by atoms with E-state index in [0.717, 1.165) is 63.0 Å². The maximum Gasteiger partial charge on any atom is 0.230 e. The van der Waals surface area contributed by atoms with Crippen molar-refractivity contribution >= 4 is 11.6 Å². The maximum absolute atomic E-state index is 13.3. The van der Waals surface area contributed by atoms with Crippen molar-refractivity contribution in [3.8, 4) is 0 Å². The molecule has 2 aliphatic carbocycles. The summed E-state index contributed by atoms with van der Waals surface area (Å²) in [5.41, 5.74) is 4.84. The van der Waals surface area contributed by atoms with Crippen LogP contribution in [0.4, 0.5) is 0 Å². The smallest absolute Gasteiger partial charge is 0.230 e. The zero-order chi connectivity index (χ0) is 20.8. The van der Waals surface area contributed by atoms with E-state index in [4.69, 9.17) is 9.73 Å². The third-order valence-electron chi connectivity index (χ3n) is 7.30. The van der Waals surface area contributed by atoms with Gasteiger partial charge < -0.3 is 10.1 Å². The minimum Gasteiger partial charge on any atom is -0.498 e. The lowest BCUT2D eigenvalue weighted by Crippen LogP contribution is -2.37. The second-order valence-electron chi connectivity index (χ2n) is 10.3. The Morgan fingerprint density at radius 1 is 1.34 bits per heavy atom. The van der Waals surface area contributed by atoms with Gasteiger partial charge in [-0.3, -0.25) is 9.79 Å². The van der Waals surface area contributed by atoms with Gasteiger partial charge in [0.15, 0.2) is 0 Å². The molecule has 0 aromatic rings. The molecule has 2 atom stereocenters. The van der Waals surface area contributed by atoms with Crippen molar-refractivity contribution in [2.45, 2.75) is 85.6 Å². The van der Waals surface area contributed by atoms with E-state index >= 15 is 0 Å². The number of carbonyl (C=O) groups is 1. The summed E-state index contributed by atoms with van der Waals surface area (Å²) in [5, 5.41) is 3.30. The van der Waals surface area contributed by atoms with Crippen LogP contribution in [-0.2, 0) is 9.53 Å². The SMILES string of the molecule is CC=C(CC1=CC(C(C)(C)C)=NC1C)NC(=O)C1(C2CCC3=C(C2)OCC3)CC1. The van der Waals surface area contributed by atoms with Crippen LogP contribution in [0.25, 0.3) is 0 Å². The van der Waals surface area contributed by atoms with Gasteiger partial charge in [0, 0.05) is 36.1 Å². The van der Waals surface area contributed by atoms with Crippen LogP contribution >= 0.6 is 0 Å². The van der Waals surface area contributed by atoms with Crippen LogP contribution in [-0.4, -0.2) is 24.3 Å². The summed E-state index contributed by atoms with van der Waals surface area (Å²) in [4.78, 5) is 18.1. The summed E-state index contributed by atoms with van der Waals surface area (Å²) in [7, 11) is 0. The van der Waals surface area contributed by atoms with Crippen LogP contribution < -0.4 is 5.32 Å². The van der Waals surface area contributed by atoms with Crippen molar-refractivity contribution in [3.05, 3.63) is 34.8 Å². The minimum atomic E-state index is -0.179. The van der Waals surface area contributed by atoms with E-state index in [0.29, 0.717) is 5.92 Å². The fraction of sp³-hybridized carbons (Fsp3) is 0.680. The predicted octanol–water partition coefficient (Wildman–Crippen LogP) is 5.47. The fourth-order valence-corrected chi connectivity index (χ4v) is 5.05. The Hall–Kier alpha value is -1.84. The fourth-order valence-electron chi connectivity index (χ4n) is 5.05. The van der Waals surface area contributed by atoms with Gasteiger partial charge in [0.25, 0.3) is 0 Å². The lowest BCUT2D eigenvalue weighted by Gasteiger charge is -2.30. The van der Waals surface area contributed by atoms with Crippen LogP contribution in [0, 0.1) is 16.7 Å². The molecular formula is C25H36N2O2. The molecule has 1 fully saturated rings. The van der Waals surface area contributed by atoms with Crippen molar-refractivity contribution in [1.29, 1.82) is 0 Å². The molecule has 1 saturated carbocycles. The number of ether oxygens (including phenoxy) is 1. The first-order chi connectivity index (χ1) is 13.7. The molecule has 4 rings (SSSR count). The molecule has 2 unspecified atom stereocenters. The minimum absolute atomic E-state index is 0.0598. The highest BCUT2D eigenvalue weighted by atomic mass is 16.5. The van der Waals surface area contributed by atoms with Crippen LogP contribution in [0.3, 0.4) is 0 Å². The highest BCUT2D eigenvalue weighted by Crippen LogP contribution is 2.58. The van der Waals surface area contributed by atoms with Gasteiger partial charge in [-0.15, -0.1) is 0 Å². The van der Waals surface area contributed by atoms with Gasteiger partial charge in [-0.25, -0.2) is 0 Å². The maximum atomic E-state index is 13.3. The van der Waals surface area contributed by atoms with Crippen molar-refractivity contribution in [2.24, 2.45) is 21.7 Å². The van der Waals surface area contributed by atoms with Crippen LogP contribution in [0.15, 0.2) is 39.7 Å². The van der Waals surface area contributed by atoms with Crippen LogP contribution in [0.5, 0.6) is 0 Å². The third-order valence-corrected chi connectivity index (χ3v) is 7.30. The number of nitrogens with one attached hydrogen (secondary N) is 1. The summed E-state index contributed by atoms with van der Waals surface area (Å²) >= 11 is 0. The molecule has 4 aliphatic rings. The first-order valence-electron chi connectivity index (χ1n) is 11.3. The number of aliphatic imine (C=N–C) groups is 1. The summed E-state index contributed by atoms with van der Waals surface area (Å²) in [6, 6.07) is 0.189. The molecule has 4 heteroatoms. The number of rotatable bonds is 5. The van der Waals surface area contributed by atoms with Crippen molar-refractivity contribution < 1.29 is 9.53 Å². The standard InChI is InChI=1S/C25H36N2O2/c1-6-20(13-18-14-22(24(3,4)5)26-16(18)2)27-23(28)25(10-11-25)19-8-7-17-9-12-29-21(17)15-19/h6,14,16,19H,7-13,15H2,1-5H3,(H,27,28). The van der Waals surface area contributed by atoms with E-state index in [2.05, 4.69) is 45.2 Å². The van der Waals surface area contributed by atoms with Gasteiger partial charge in [0.1, 0.15) is 0 Å². The Morgan fingerprint density at radius 3 is 2.72 bits per heavy atom. The number of allylic oxidation sites excluding steroid dienone is 4. The number of hydrogen-bond donors (Lipinski definition) is 1. The van der Waals surface area contributed by atoms with E-state index in [-0.39, 0.29) is 22.8 Å². The molecule has 0 saturated heterocycles. The average molecular weight is 397 g/mol. The predicted molar refractivity (Wildman–Crippen MR) is 118 cm³/mol. The topological polar surface area (TPSA) is 50.7 Å². The lowest BCUT2D eigenvalue weighted by atomic mass is 9.77. The van der Waals surface area contributed by atoms with Gasteiger partial charge in [-0.2, -0.15) is 0 Å². The molecule has 4 nitrogen and oxygen atoms in total. The zero-order valence-corrected chi connectivity index (χ0v) is 18.7. The summed E-state index contributed by atoms with van der Waals surface area (Å²) in [6.07, 6.45) is 11.4. The second-order valence-corrected chi connectivity index (χ2v) is 10.3. The summed E-state index contributed by atoms with van der Waals surface area (Å²) < 4.78 is 5.85. The molecule has 0 aromatic heterocycles. The molecule has 0 aromatic carbocycles. The van der Waals surface area contributed by atoms with E-state index in [1.54, 1.807) is 0 Å². The molecule has 0 bridgehead atoms. The van der Waals surface area contributed by atoms with Crippen molar-refractivity contribution in [3.63, 3.8) is 0 Å². The monoisotopic (exact) mass is 396 g/mol. The molecule has 2 aliphatic heterocycles. The largest absolute Gasteiger partial charge is 0.498 e. The molecule has 1 amide bonds. The van der Waals surface area contributed by atoms with E-state index in [1.165, 1.54) is 16.9 Å². The van der Waals surface area contributed by atoms with Crippen molar-refractivity contribution in [1.82, 2.24) is 5.32 Å². The Balaban J connectivity index is 1.40. The van der Waals surface area contributed by atoms with E-state index in [9.17, 15) is 4.79 Å². The Morgan fingerprint density at radius 2 is 2.10 bits per heavy atom. The molecule has 29 heavy (non-hydrogen) atoms. The van der Waals surface area contributed by atoms with Gasteiger partial charge >= 0.3 is 0 Å². The van der Waals surface area contributed by atoms with Gasteiger partial charge in [-0.05, 0) is 62.7 Å². The first-order valence-corrected chi connectivity index (χ1v) is 11.3. The molecule has 1 N–H and O–H groups in total. The Labute approximate surface area is 175 Å². The normalized spacial score (nSPS) is 28.5. The third kappa shape index (κ3) is 3.95. The molecule has 2 heterocycles. The average Bonchev–Trinajstić information content (AvgIpc) is 3.20. The number of amides is 1. The van der Waals surface area contributed by atoms with Crippen LogP contribution in [0.1, 0.15) is 79.6 Å². The molecule has 0 spiro atoms. The Kier molecular flexibility index (Phi) is 5.25. The van der Waals surface area contributed by atoms with Gasteiger partial charge in [-0.1, -0.05) is 26.8 Å². The van der Waals surface area contributed by atoms with E-state index in [1.807, 2.05) is 6.92 Å². The Bertz CT molecular complexity index is 818. The highest BCUT2D eigenvalue weighted by molar-refractivity contribution is 6.01. The quantitative estimate of drug-likeness (QED) is 0.670. The molecule has 0 radical (unpaired) electrons. The van der Waals surface area contributed by atoms with Crippen molar-refractivity contribution in [2.75, 3.05) is 6.61 Å². The zero-order valence-electron chi connectivity index (χ0n) is 18.7. The second kappa shape index (κ2) is 7.45. The number of nitrogens with zero attached hydrogens (tertiary/aromatic N) is 1. The van der Waals surface area contributed by atoms with Gasteiger partial charge in [0.2, 0.25) is 5.91 Å². The summed E-state index contributed by atoms with van der Waals surface area (Å²) in [6.45, 7) is 11.6. The number of carbonyl (C=O) groups excluding carboxylic acids is 1. The lowest BCUT2D eigenvalue weighted by molar-refractivity contribution is -0.127. The van der Waals surface area contributed by atoms with E-state index < -0.39 is 0 Å². The van der Waals surface area contributed by atoms with Crippen LogP contribution in [0.2, 0.25) is 0 Å². The highest BCUT2D eigenvalue weighted by Gasteiger charge is 2.56. The number of hydrogen-bond acceptors (Lipinski definition) is 3. The van der Waals surface area contributed by atoms with Gasteiger partial charge in [0.05, 0.1) is 23.8 Å². The molecular weight excluding hydrogens is 360 g/mol. The molecule has 158 valence electrons.